The number of hydrogen-bond acceptors (Lipinski definition) is 0. The summed E-state index contributed by atoms with van der Waals surface area (Å²) in [6.07, 6.45) is 7.50. The molecule has 0 bridgehead atoms. The van der Waals surface area contributed by atoms with Crippen LogP contribution in [0.1, 0.15) is 32.1 Å². The summed E-state index contributed by atoms with van der Waals surface area (Å²) in [5, 5.41) is 0. The van der Waals surface area contributed by atoms with Gasteiger partial charge in [-0.3, -0.25) is 0 Å². The van der Waals surface area contributed by atoms with E-state index in [4.69, 9.17) is 25.5 Å². The third kappa shape index (κ3) is 16.4. The average molecular weight is 283 g/mol. The Morgan fingerprint density at radius 1 is 0.700 bits per heavy atom. The Hall–Kier alpha value is 1.75. The summed E-state index contributed by atoms with van der Waals surface area (Å²) in [5.41, 5.74) is 0. The van der Waals surface area contributed by atoms with E-state index in [0.29, 0.717) is 0 Å². The second-order valence-corrected chi connectivity index (χ2v) is 13.2. The fourth-order valence-corrected chi connectivity index (χ4v) is 0.884. The van der Waals surface area contributed by atoms with Gasteiger partial charge in [-0.1, -0.05) is 32.1 Å². The third-order valence-electron chi connectivity index (χ3n) is 1.25. The molecule has 0 aromatic carbocycles. The van der Waals surface area contributed by atoms with Crippen molar-refractivity contribution in [3.8, 4) is 0 Å². The molecule has 1 saturated carbocycles. The van der Waals surface area contributed by atoms with Gasteiger partial charge in [0.1, 0.15) is 0 Å². The van der Waals surface area contributed by atoms with Gasteiger partial charge in [0.05, 0.1) is 0 Å². The average Bonchev–Trinajstić information content (AvgIpc) is 2.11. The van der Waals surface area contributed by atoms with Crippen LogP contribution < -0.4 is 0 Å². The summed E-state index contributed by atoms with van der Waals surface area (Å²) >= 11 is -2.13. The molecular formula is C6H13Cl3Zr-. The SMILES string of the molecule is C1CCCC1.[CH3-].[Cl][Zr]([Cl])[Cl]. The number of rotatable bonds is 0. The van der Waals surface area contributed by atoms with Crippen molar-refractivity contribution >= 4 is 25.5 Å². The molecular weight excluding hydrogens is 270 g/mol. The van der Waals surface area contributed by atoms with Crippen LogP contribution in [0.2, 0.25) is 0 Å². The predicted octanol–water partition coefficient (Wildman–Crippen LogP) is 4.47. The molecule has 1 aliphatic carbocycles. The molecule has 0 radical (unpaired) electrons. The van der Waals surface area contributed by atoms with E-state index in [1.807, 2.05) is 0 Å². The second kappa shape index (κ2) is 10.8. The molecule has 1 aliphatic rings. The molecule has 63 valence electrons. The van der Waals surface area contributed by atoms with Crippen LogP contribution >= 0.6 is 25.5 Å². The van der Waals surface area contributed by atoms with E-state index in [1.54, 1.807) is 0 Å². The van der Waals surface area contributed by atoms with Gasteiger partial charge in [-0.25, -0.2) is 0 Å². The van der Waals surface area contributed by atoms with Crippen molar-refractivity contribution in [2.75, 3.05) is 0 Å². The quantitative estimate of drug-likeness (QED) is 0.575. The molecule has 0 aliphatic heterocycles. The van der Waals surface area contributed by atoms with Crippen molar-refractivity contribution in [2.24, 2.45) is 0 Å². The first-order chi connectivity index (χ1) is 4.23. The Labute approximate surface area is 82.6 Å². The molecule has 0 heterocycles. The molecule has 0 saturated heterocycles. The van der Waals surface area contributed by atoms with Gasteiger partial charge in [-0.15, -0.1) is 0 Å². The monoisotopic (exact) mass is 280 g/mol. The van der Waals surface area contributed by atoms with Crippen LogP contribution in [0.3, 0.4) is 0 Å². The zero-order chi connectivity index (χ0) is 7.11. The van der Waals surface area contributed by atoms with Crippen molar-refractivity contribution in [3.63, 3.8) is 0 Å². The normalized spacial score (nSPS) is 14.7. The van der Waals surface area contributed by atoms with Crippen LogP contribution in [0.15, 0.2) is 0 Å². The maximum absolute atomic E-state index is 5.00. The maximum atomic E-state index is 5.00. The minimum atomic E-state index is -2.13. The van der Waals surface area contributed by atoms with Crippen LogP contribution in [0.5, 0.6) is 0 Å². The van der Waals surface area contributed by atoms with Crippen molar-refractivity contribution in [1.82, 2.24) is 0 Å². The van der Waals surface area contributed by atoms with Gasteiger partial charge >= 0.3 is 43.7 Å². The van der Waals surface area contributed by atoms with E-state index in [1.165, 1.54) is 32.1 Å². The van der Waals surface area contributed by atoms with E-state index in [0.717, 1.165) is 0 Å². The Bertz CT molecular complexity index is 44.6. The Morgan fingerprint density at radius 3 is 0.900 bits per heavy atom. The standard InChI is InChI=1S/C5H10.CH3.3ClH.Zr/c1-2-4-5-3-1;;;;;/h1-5H2;1H3;3*1H;/q;-1;;;;+3/p-3. The van der Waals surface area contributed by atoms with E-state index < -0.39 is 18.2 Å². The Kier molecular flexibility index (Phi) is 15.4. The minimum absolute atomic E-state index is 0. The number of hydrogen-bond donors (Lipinski definition) is 0. The van der Waals surface area contributed by atoms with Gasteiger partial charge in [0.15, 0.2) is 0 Å². The molecule has 0 nitrogen and oxygen atoms in total. The van der Waals surface area contributed by atoms with Crippen molar-refractivity contribution < 1.29 is 18.2 Å². The zero-order valence-corrected chi connectivity index (χ0v) is 10.9. The first-order valence-electron chi connectivity index (χ1n) is 3.07. The van der Waals surface area contributed by atoms with Crippen molar-refractivity contribution in [1.29, 1.82) is 0 Å². The molecule has 10 heavy (non-hydrogen) atoms. The summed E-state index contributed by atoms with van der Waals surface area (Å²) < 4.78 is 0. The Balaban J connectivity index is 0. The van der Waals surface area contributed by atoms with Crippen LogP contribution in [0.4, 0.5) is 0 Å². The van der Waals surface area contributed by atoms with Gasteiger partial charge in [0, 0.05) is 0 Å². The van der Waals surface area contributed by atoms with E-state index in [9.17, 15) is 0 Å². The first kappa shape index (κ1) is 14.3. The summed E-state index contributed by atoms with van der Waals surface area (Å²) in [6, 6.07) is 0. The van der Waals surface area contributed by atoms with Crippen molar-refractivity contribution in [3.05, 3.63) is 7.43 Å². The fraction of sp³-hybridized carbons (Fsp3) is 0.833. The summed E-state index contributed by atoms with van der Waals surface area (Å²) in [4.78, 5) is 0. The first-order valence-corrected chi connectivity index (χ1v) is 12.6. The predicted molar refractivity (Wildman–Crippen MR) is 47.1 cm³/mol. The van der Waals surface area contributed by atoms with Gasteiger partial charge in [-0.05, 0) is 0 Å². The molecule has 0 amide bonds. The molecule has 0 atom stereocenters. The van der Waals surface area contributed by atoms with Gasteiger partial charge < -0.3 is 7.43 Å². The molecule has 1 fully saturated rings. The topological polar surface area (TPSA) is 0 Å². The third-order valence-corrected chi connectivity index (χ3v) is 1.25. The Morgan fingerprint density at radius 2 is 0.800 bits per heavy atom. The van der Waals surface area contributed by atoms with Crippen LogP contribution in [-0.2, 0) is 18.2 Å². The van der Waals surface area contributed by atoms with Gasteiger partial charge in [0.2, 0.25) is 0 Å². The molecule has 4 heteroatoms. The molecule has 0 aromatic rings. The molecule has 0 spiro atoms. The number of halogens is 3. The van der Waals surface area contributed by atoms with Crippen molar-refractivity contribution in [2.45, 2.75) is 32.1 Å². The van der Waals surface area contributed by atoms with Gasteiger partial charge in [0.25, 0.3) is 0 Å². The fourth-order valence-electron chi connectivity index (χ4n) is 0.884. The summed E-state index contributed by atoms with van der Waals surface area (Å²) in [7, 11) is 15.0. The van der Waals surface area contributed by atoms with Crippen LogP contribution in [-0.4, -0.2) is 0 Å². The van der Waals surface area contributed by atoms with Crippen LogP contribution in [0, 0.1) is 7.43 Å². The zero-order valence-electron chi connectivity index (χ0n) is 6.17. The molecule has 0 aromatic heterocycles. The van der Waals surface area contributed by atoms with E-state index in [-0.39, 0.29) is 7.43 Å². The van der Waals surface area contributed by atoms with Gasteiger partial charge in [-0.2, -0.15) is 0 Å². The summed E-state index contributed by atoms with van der Waals surface area (Å²) in [6.45, 7) is 0. The molecule has 0 unspecified atom stereocenters. The second-order valence-electron chi connectivity index (χ2n) is 1.98. The summed E-state index contributed by atoms with van der Waals surface area (Å²) in [5.74, 6) is 0. The van der Waals surface area contributed by atoms with E-state index in [2.05, 4.69) is 0 Å². The molecule has 1 rings (SSSR count). The molecule has 0 N–H and O–H groups in total. The van der Waals surface area contributed by atoms with E-state index >= 15 is 0 Å². The van der Waals surface area contributed by atoms with Crippen LogP contribution in [0.25, 0.3) is 0 Å².